The van der Waals surface area contributed by atoms with Crippen molar-refractivity contribution in [3.63, 3.8) is 0 Å². The molecule has 0 N–H and O–H groups in total. The lowest BCUT2D eigenvalue weighted by atomic mass is 10.0. The van der Waals surface area contributed by atoms with Gasteiger partial charge < -0.3 is 0 Å². The summed E-state index contributed by atoms with van der Waals surface area (Å²) in [4.78, 5) is 12.6. The van der Waals surface area contributed by atoms with Crippen molar-refractivity contribution in [2.45, 2.75) is 26.3 Å². The van der Waals surface area contributed by atoms with Gasteiger partial charge in [0.25, 0.3) is 0 Å². The third kappa shape index (κ3) is 3.46. The molecule has 2 heterocycles. The minimum atomic E-state index is -3.02. The number of carbonyl (C=O) groups is 1. The Morgan fingerprint density at radius 3 is 2.58 bits per heavy atom. The van der Waals surface area contributed by atoms with Crippen molar-refractivity contribution in [1.29, 1.82) is 5.26 Å². The summed E-state index contributed by atoms with van der Waals surface area (Å²) in [6.45, 7) is 3.62. The van der Waals surface area contributed by atoms with E-state index in [9.17, 15) is 18.5 Å². The van der Waals surface area contributed by atoms with Gasteiger partial charge in [-0.2, -0.15) is 10.4 Å². The van der Waals surface area contributed by atoms with Gasteiger partial charge in [-0.15, -0.1) is 0 Å². The number of benzene rings is 1. The van der Waals surface area contributed by atoms with Gasteiger partial charge >= 0.3 is 0 Å². The fraction of sp³-hybridized carbons (Fsp3) is 0.316. The molecule has 1 fully saturated rings. The van der Waals surface area contributed by atoms with Gasteiger partial charge in [-0.1, -0.05) is 30.3 Å². The Kier molecular flexibility index (Phi) is 4.79. The van der Waals surface area contributed by atoms with Crippen LogP contribution in [0.5, 0.6) is 0 Å². The molecule has 1 aliphatic heterocycles. The zero-order valence-corrected chi connectivity index (χ0v) is 15.5. The van der Waals surface area contributed by atoms with Crippen LogP contribution in [0.2, 0.25) is 0 Å². The molecule has 2 aromatic rings. The fourth-order valence-electron chi connectivity index (χ4n) is 3.25. The minimum absolute atomic E-state index is 0.0287. The van der Waals surface area contributed by atoms with Gasteiger partial charge in [0, 0.05) is 16.8 Å². The summed E-state index contributed by atoms with van der Waals surface area (Å²) in [6, 6.07) is 10.4. The molecule has 0 amide bonds. The summed E-state index contributed by atoms with van der Waals surface area (Å²) < 4.78 is 25.2. The maximum absolute atomic E-state index is 12.6. The number of aryl methyl sites for hydroxylation is 1. The van der Waals surface area contributed by atoms with Crippen molar-refractivity contribution in [1.82, 2.24) is 9.78 Å². The highest BCUT2D eigenvalue weighted by molar-refractivity contribution is 7.91. The van der Waals surface area contributed by atoms with Gasteiger partial charge in [0.05, 0.1) is 23.2 Å². The zero-order chi connectivity index (χ0) is 18.9. The molecule has 0 radical (unpaired) electrons. The first-order valence-corrected chi connectivity index (χ1v) is 10.1. The number of sulfone groups is 1. The topological polar surface area (TPSA) is 92.8 Å². The SMILES string of the molecule is Cc1nn([C@H]2CCS(=O)(=O)C2)c(C)c1/C=C(\C#N)C(=O)c1ccccc1. The van der Waals surface area contributed by atoms with E-state index < -0.39 is 9.84 Å². The highest BCUT2D eigenvalue weighted by atomic mass is 32.2. The second kappa shape index (κ2) is 6.89. The molecule has 7 heteroatoms. The van der Waals surface area contributed by atoms with E-state index in [0.29, 0.717) is 23.2 Å². The van der Waals surface area contributed by atoms with Crippen LogP contribution in [0.1, 0.15) is 39.8 Å². The molecule has 0 spiro atoms. The molecule has 0 unspecified atom stereocenters. The molecule has 3 rings (SSSR count). The Bertz CT molecular complexity index is 1030. The average Bonchev–Trinajstić information content (AvgIpc) is 3.12. The molecule has 0 saturated carbocycles. The van der Waals surface area contributed by atoms with Crippen LogP contribution in [-0.4, -0.2) is 35.5 Å². The van der Waals surface area contributed by atoms with Crippen molar-refractivity contribution >= 4 is 21.7 Å². The van der Waals surface area contributed by atoms with Gasteiger partial charge in [0.1, 0.15) is 11.6 Å². The number of nitriles is 1. The number of rotatable bonds is 4. The molecular weight excluding hydrogens is 350 g/mol. The first-order valence-electron chi connectivity index (χ1n) is 8.30. The van der Waals surface area contributed by atoms with Crippen LogP contribution >= 0.6 is 0 Å². The highest BCUT2D eigenvalue weighted by Crippen LogP contribution is 2.28. The number of carbonyl (C=O) groups excluding carboxylic acids is 1. The first kappa shape index (κ1) is 18.1. The van der Waals surface area contributed by atoms with Crippen molar-refractivity contribution in [3.05, 3.63) is 58.4 Å². The number of hydrogen-bond acceptors (Lipinski definition) is 5. The van der Waals surface area contributed by atoms with E-state index >= 15 is 0 Å². The Balaban J connectivity index is 1.98. The number of allylic oxidation sites excluding steroid dienone is 1. The summed E-state index contributed by atoms with van der Waals surface area (Å²) in [6.07, 6.45) is 2.08. The van der Waals surface area contributed by atoms with Crippen LogP contribution in [-0.2, 0) is 9.84 Å². The number of hydrogen-bond donors (Lipinski definition) is 0. The zero-order valence-electron chi connectivity index (χ0n) is 14.6. The standard InChI is InChI=1S/C19H19N3O3S/c1-13-18(10-16(11-20)19(23)15-6-4-3-5-7-15)14(2)22(21-13)17-8-9-26(24,25)12-17/h3-7,10,17H,8-9,12H2,1-2H3/b16-10+/t17-/m0/s1. The third-order valence-electron chi connectivity index (χ3n) is 4.62. The molecule has 1 aromatic carbocycles. The van der Waals surface area contributed by atoms with E-state index in [1.165, 1.54) is 0 Å². The maximum atomic E-state index is 12.6. The van der Waals surface area contributed by atoms with Crippen molar-refractivity contribution in [3.8, 4) is 6.07 Å². The Hall–Kier alpha value is -2.72. The molecule has 0 aliphatic carbocycles. The number of nitrogens with zero attached hydrogens (tertiary/aromatic N) is 3. The molecule has 1 aliphatic rings. The predicted molar refractivity (Wildman–Crippen MR) is 98.4 cm³/mol. The largest absolute Gasteiger partial charge is 0.288 e. The van der Waals surface area contributed by atoms with E-state index in [1.54, 1.807) is 48.0 Å². The van der Waals surface area contributed by atoms with Crippen LogP contribution in [0.4, 0.5) is 0 Å². The van der Waals surface area contributed by atoms with Crippen molar-refractivity contribution in [2.24, 2.45) is 0 Å². The average molecular weight is 369 g/mol. The fourth-order valence-corrected chi connectivity index (χ4v) is 4.94. The minimum Gasteiger partial charge on any atom is -0.288 e. The van der Waals surface area contributed by atoms with Gasteiger partial charge in [0.15, 0.2) is 9.84 Å². The van der Waals surface area contributed by atoms with Crippen molar-refractivity contribution in [2.75, 3.05) is 11.5 Å². The van der Waals surface area contributed by atoms with Crippen LogP contribution in [0.3, 0.4) is 0 Å². The lowest BCUT2D eigenvalue weighted by Gasteiger charge is -2.11. The summed E-state index contributed by atoms with van der Waals surface area (Å²) >= 11 is 0. The molecule has 0 bridgehead atoms. The summed E-state index contributed by atoms with van der Waals surface area (Å²) in [5.74, 6) is -0.105. The molecule has 1 atom stereocenters. The molecular formula is C19H19N3O3S. The molecule has 134 valence electrons. The third-order valence-corrected chi connectivity index (χ3v) is 6.38. The normalized spacial score (nSPS) is 19.3. The molecule has 1 saturated heterocycles. The lowest BCUT2D eigenvalue weighted by Crippen LogP contribution is -2.14. The summed E-state index contributed by atoms with van der Waals surface area (Å²) in [7, 11) is -3.02. The van der Waals surface area contributed by atoms with Gasteiger partial charge in [-0.05, 0) is 26.3 Å². The molecule has 26 heavy (non-hydrogen) atoms. The van der Waals surface area contributed by atoms with Crippen LogP contribution in [0.15, 0.2) is 35.9 Å². The van der Waals surface area contributed by atoms with Crippen LogP contribution < -0.4 is 0 Å². The Morgan fingerprint density at radius 1 is 1.31 bits per heavy atom. The second-order valence-corrected chi connectivity index (χ2v) is 8.68. The van der Waals surface area contributed by atoms with E-state index in [0.717, 1.165) is 5.69 Å². The first-order chi connectivity index (χ1) is 12.3. The smallest absolute Gasteiger partial charge is 0.203 e. The van der Waals surface area contributed by atoms with Crippen LogP contribution in [0.25, 0.3) is 6.08 Å². The van der Waals surface area contributed by atoms with Gasteiger partial charge in [-0.3, -0.25) is 9.48 Å². The molecule has 6 nitrogen and oxygen atoms in total. The second-order valence-electron chi connectivity index (χ2n) is 6.45. The van der Waals surface area contributed by atoms with Crippen LogP contribution in [0, 0.1) is 25.2 Å². The van der Waals surface area contributed by atoms with E-state index in [1.807, 2.05) is 13.0 Å². The van der Waals surface area contributed by atoms with Gasteiger partial charge in [-0.25, -0.2) is 8.42 Å². The number of Topliss-reactive ketones (excluding diaryl/α,β-unsaturated/α-hetero) is 1. The van der Waals surface area contributed by atoms with E-state index in [4.69, 9.17) is 0 Å². The lowest BCUT2D eigenvalue weighted by molar-refractivity contribution is 0.104. The van der Waals surface area contributed by atoms with E-state index in [-0.39, 0.29) is 28.9 Å². The summed E-state index contributed by atoms with van der Waals surface area (Å²) in [5.41, 5.74) is 2.60. The highest BCUT2D eigenvalue weighted by Gasteiger charge is 2.31. The predicted octanol–water partition coefficient (Wildman–Crippen LogP) is 2.65. The number of ketones is 1. The number of aromatic nitrogens is 2. The Labute approximate surface area is 152 Å². The summed E-state index contributed by atoms with van der Waals surface area (Å²) in [5, 5.41) is 13.9. The molecule has 1 aromatic heterocycles. The van der Waals surface area contributed by atoms with Gasteiger partial charge in [0.2, 0.25) is 5.78 Å². The van der Waals surface area contributed by atoms with Crippen molar-refractivity contribution < 1.29 is 13.2 Å². The monoisotopic (exact) mass is 369 g/mol. The Morgan fingerprint density at radius 2 is 2.00 bits per heavy atom. The maximum Gasteiger partial charge on any atom is 0.203 e. The van der Waals surface area contributed by atoms with E-state index in [2.05, 4.69) is 5.10 Å². The quantitative estimate of drug-likeness (QED) is 0.469.